The van der Waals surface area contributed by atoms with Gasteiger partial charge in [0.1, 0.15) is 18.1 Å². The van der Waals surface area contributed by atoms with Crippen molar-refractivity contribution < 1.29 is 50.9 Å². The van der Waals surface area contributed by atoms with Gasteiger partial charge in [-0.05, 0) is 50.6 Å². The second-order valence-corrected chi connectivity index (χ2v) is 14.6. The number of carboxylic acids is 1. The molecule has 0 aliphatic carbocycles. The number of thiazole rings is 1. The molecule has 1 aromatic carbocycles. The van der Waals surface area contributed by atoms with Crippen LogP contribution in [0.4, 0.5) is 5.13 Å². The maximum absolute atomic E-state index is 13.4. The molecule has 4 heterocycles. The van der Waals surface area contributed by atoms with Crippen molar-refractivity contribution in [3.8, 4) is 16.9 Å². The van der Waals surface area contributed by atoms with Crippen LogP contribution in [0, 0.1) is 11.8 Å². The van der Waals surface area contributed by atoms with E-state index in [1.165, 1.54) is 24.9 Å². The van der Waals surface area contributed by atoms with Crippen molar-refractivity contribution in [1.82, 2.24) is 15.4 Å². The third-order valence-electron chi connectivity index (χ3n) is 8.67. The van der Waals surface area contributed by atoms with E-state index in [9.17, 15) is 32.5 Å². The van der Waals surface area contributed by atoms with Gasteiger partial charge < -0.3 is 36.0 Å². The van der Waals surface area contributed by atoms with Gasteiger partial charge in [0.2, 0.25) is 10.4 Å². The Morgan fingerprint density at radius 2 is 1.92 bits per heavy atom. The van der Waals surface area contributed by atoms with E-state index < -0.39 is 64.4 Å². The van der Waals surface area contributed by atoms with Crippen molar-refractivity contribution in [2.45, 2.75) is 51.3 Å². The zero-order valence-electron chi connectivity index (χ0n) is 27.9. The number of aromatic nitrogens is 2. The highest BCUT2D eigenvalue weighted by molar-refractivity contribution is 7.80. The van der Waals surface area contributed by atoms with E-state index in [1.54, 1.807) is 12.1 Å². The lowest BCUT2D eigenvalue weighted by atomic mass is 9.74. The zero-order valence-corrected chi connectivity index (χ0v) is 29.5. The molecule has 2 aliphatic rings. The van der Waals surface area contributed by atoms with Crippen molar-refractivity contribution in [1.29, 1.82) is 0 Å². The number of anilines is 1. The molecule has 274 valence electrons. The van der Waals surface area contributed by atoms with Crippen LogP contribution < -0.4 is 26.1 Å². The van der Waals surface area contributed by atoms with Crippen LogP contribution in [0.1, 0.15) is 38.1 Å². The summed E-state index contributed by atoms with van der Waals surface area (Å²) in [6, 6.07) is 11.3. The number of ether oxygens (including phenoxy) is 1. The summed E-state index contributed by atoms with van der Waals surface area (Å²) in [5, 5.41) is 18.8. The van der Waals surface area contributed by atoms with Crippen LogP contribution in [0.15, 0.2) is 53.1 Å². The Morgan fingerprint density at radius 1 is 1.22 bits per heavy atom. The van der Waals surface area contributed by atoms with E-state index in [0.29, 0.717) is 23.3 Å². The molecule has 17 nitrogen and oxygen atoms in total. The highest BCUT2D eigenvalue weighted by atomic mass is 32.3. The molecule has 2 fully saturated rings. The number of β-lactam (4-membered cyclic amide) rings is 1. The van der Waals surface area contributed by atoms with Gasteiger partial charge in [0.15, 0.2) is 35.1 Å². The monoisotopic (exact) mass is 745 g/mol. The van der Waals surface area contributed by atoms with Crippen molar-refractivity contribution in [3.63, 3.8) is 0 Å². The van der Waals surface area contributed by atoms with Crippen LogP contribution in [0.5, 0.6) is 5.75 Å². The molecule has 5 rings (SSSR count). The molecule has 0 saturated carbocycles. The van der Waals surface area contributed by atoms with Crippen LogP contribution in [0.25, 0.3) is 11.1 Å². The highest BCUT2D eigenvalue weighted by Gasteiger charge is 2.57. The third kappa shape index (κ3) is 9.23. The largest absolute Gasteiger partial charge is 0.724 e. The lowest BCUT2D eigenvalue weighted by Gasteiger charge is -2.51. The number of hydroxylamine groups is 2. The number of benzene rings is 1. The average Bonchev–Trinajstić information content (AvgIpc) is 3.49. The Hall–Kier alpha value is -4.53. The van der Waals surface area contributed by atoms with Gasteiger partial charge in [-0.15, -0.1) is 11.3 Å². The van der Waals surface area contributed by atoms with Crippen molar-refractivity contribution in [2.75, 3.05) is 32.0 Å². The summed E-state index contributed by atoms with van der Waals surface area (Å²) in [5.41, 5.74) is 12.8. The number of carboxylic acid groups (broad SMARTS) is 1. The number of rotatable bonds is 18. The predicted octanol–water partition coefficient (Wildman–Crippen LogP) is 0.631. The van der Waals surface area contributed by atoms with Gasteiger partial charge in [-0.1, -0.05) is 17.3 Å². The topological polar surface area (TPSA) is 253 Å². The number of carbonyl (C=O) groups excluding carboxylic acids is 2. The first-order valence-corrected chi connectivity index (χ1v) is 18.2. The molecule has 2 aromatic heterocycles. The number of hydrogen-bond donors (Lipinski definition) is 4. The van der Waals surface area contributed by atoms with Gasteiger partial charge in [-0.3, -0.25) is 9.59 Å². The normalized spacial score (nSPS) is 18.1. The number of ketones is 1. The first kappa shape index (κ1) is 37.7. The molecule has 2 aliphatic heterocycles. The summed E-state index contributed by atoms with van der Waals surface area (Å²) in [4.78, 5) is 47.3. The molecule has 19 heteroatoms. The first-order valence-electron chi connectivity index (χ1n) is 16.0. The van der Waals surface area contributed by atoms with E-state index in [1.807, 2.05) is 12.1 Å². The fourth-order valence-corrected chi connectivity index (χ4v) is 6.64. The Bertz CT molecular complexity index is 1900. The van der Waals surface area contributed by atoms with Crippen LogP contribution in [-0.4, -0.2) is 89.4 Å². The Morgan fingerprint density at radius 3 is 2.49 bits per heavy atom. The molecule has 0 spiro atoms. The Balaban J connectivity index is 1.25. The first-order chi connectivity index (χ1) is 24.2. The van der Waals surface area contributed by atoms with Crippen LogP contribution in [0.3, 0.4) is 0 Å². The molecule has 1 amide bonds. The van der Waals surface area contributed by atoms with E-state index in [2.05, 4.69) is 42.6 Å². The van der Waals surface area contributed by atoms with Gasteiger partial charge in [-0.25, -0.2) is 22.8 Å². The van der Waals surface area contributed by atoms with Gasteiger partial charge in [-0.2, -0.15) is 9.35 Å². The summed E-state index contributed by atoms with van der Waals surface area (Å²) in [6.45, 7) is 5.82. The van der Waals surface area contributed by atoms with E-state index >= 15 is 0 Å². The van der Waals surface area contributed by atoms with Crippen molar-refractivity contribution in [3.05, 3.63) is 59.4 Å². The summed E-state index contributed by atoms with van der Waals surface area (Å²) < 4.78 is 45.3. The smallest absolute Gasteiger partial charge is 0.351 e. The molecule has 6 N–H and O–H groups in total. The predicted molar refractivity (Wildman–Crippen MR) is 182 cm³/mol. The number of aryl methyl sites for hydroxylation is 1. The molecule has 2 atom stereocenters. The van der Waals surface area contributed by atoms with Gasteiger partial charge >= 0.3 is 5.97 Å². The summed E-state index contributed by atoms with van der Waals surface area (Å²) in [6.07, 6.45) is 1.74. The SMILES string of the molecule is CC1(C)[C@H](CC(=O)/C(=N\O[C@@H](COc2ccc(-c3ccc(CCCN)[n+](CC4CNC4)c3)cc2)C(=O)O)c2csc(N)n2)C(=O)N1OS(=O)(=O)[O-]. The quantitative estimate of drug-likeness (QED) is 0.0348. The number of oxime groups is 1. The second-order valence-electron chi connectivity index (χ2n) is 12.7. The van der Waals surface area contributed by atoms with Crippen molar-refractivity contribution >= 4 is 50.2 Å². The van der Waals surface area contributed by atoms with Crippen LogP contribution in [0.2, 0.25) is 0 Å². The second kappa shape index (κ2) is 15.8. The number of pyridine rings is 1. The Kier molecular flexibility index (Phi) is 11.7. The average molecular weight is 746 g/mol. The number of nitrogens with zero attached hydrogens (tertiary/aromatic N) is 4. The number of Topliss-reactive ketones (excluding diaryl/α,β-unsaturated/α-hetero) is 1. The molecule has 0 radical (unpaired) electrons. The van der Waals surface area contributed by atoms with Crippen LogP contribution >= 0.6 is 11.3 Å². The van der Waals surface area contributed by atoms with Gasteiger partial charge in [0, 0.05) is 48.9 Å². The van der Waals surface area contributed by atoms with Gasteiger partial charge in [0.25, 0.3) is 12.0 Å². The minimum Gasteiger partial charge on any atom is -0.724 e. The number of carbonyl (C=O) groups is 3. The summed E-state index contributed by atoms with van der Waals surface area (Å²) >= 11 is 0.986. The molecule has 51 heavy (non-hydrogen) atoms. The highest BCUT2D eigenvalue weighted by Crippen LogP contribution is 2.40. The molecule has 0 unspecified atom stereocenters. The zero-order chi connectivity index (χ0) is 36.9. The molecule has 0 bridgehead atoms. The van der Waals surface area contributed by atoms with E-state index in [4.69, 9.17) is 21.0 Å². The molecular weight excluding hydrogens is 707 g/mol. The maximum atomic E-state index is 13.4. The lowest BCUT2D eigenvalue weighted by Crippen LogP contribution is -2.68. The lowest BCUT2D eigenvalue weighted by molar-refractivity contribution is -0.710. The molecule has 3 aromatic rings. The van der Waals surface area contributed by atoms with E-state index in [0.717, 1.165) is 54.9 Å². The summed E-state index contributed by atoms with van der Waals surface area (Å²) in [5.74, 6) is -3.30. The minimum absolute atomic E-state index is 0.0268. The molecule has 2 saturated heterocycles. The molecular formula is C32H39N7O10S2. The van der Waals surface area contributed by atoms with Crippen LogP contribution in [-0.2, 0) is 46.9 Å². The number of nitrogens with two attached hydrogens (primary N) is 2. The number of hydrogen-bond acceptors (Lipinski definition) is 15. The number of nitrogen functional groups attached to an aromatic ring is 1. The fourth-order valence-electron chi connectivity index (χ4n) is 5.64. The third-order valence-corrected chi connectivity index (χ3v) is 9.68. The Labute approximate surface area is 298 Å². The standard InChI is InChI=1S/C32H39N7O10S2/c1-32(2)24(29(41)39(32)49-51(44,45)46)12-26(40)28(25-18-50-31(34)36-25)37-48-27(30(42)43)17-47-23-9-6-20(7-10-23)21-5-8-22(4-3-11-33)38(16-21)15-19-13-35-14-19/h5-10,16,18-19,24,27,35H,3-4,11-15,17,33H2,1-2H3,(H3-,34,36,42,43,44,45,46)/b37-28-/t24-,27+/m1/s1. The van der Waals surface area contributed by atoms with Crippen molar-refractivity contribution in [2.24, 2.45) is 22.7 Å². The number of aliphatic carboxylic acids is 1. The number of amides is 1. The minimum atomic E-state index is -5.24. The van der Waals surface area contributed by atoms with Gasteiger partial charge in [0.05, 0.1) is 11.5 Å². The number of nitrogens with one attached hydrogen (secondary N) is 1. The van der Waals surface area contributed by atoms with E-state index in [-0.39, 0.29) is 10.8 Å². The summed E-state index contributed by atoms with van der Waals surface area (Å²) in [7, 11) is -5.24. The maximum Gasteiger partial charge on any atom is 0.351 e. The fraction of sp³-hybridized carbons (Fsp3) is 0.438.